The van der Waals surface area contributed by atoms with Gasteiger partial charge in [0, 0.05) is 25.5 Å². The molecule has 0 aromatic carbocycles. The normalized spacial score (nSPS) is 18.5. The van der Waals surface area contributed by atoms with E-state index < -0.39 is 0 Å². The fourth-order valence-electron chi connectivity index (χ4n) is 1.65. The van der Waals surface area contributed by atoms with Gasteiger partial charge in [0.25, 0.3) is 0 Å². The third-order valence-corrected chi connectivity index (χ3v) is 2.87. The lowest BCUT2D eigenvalue weighted by atomic mass is 10.1. The monoisotopic (exact) mass is 222 g/mol. The summed E-state index contributed by atoms with van der Waals surface area (Å²) in [6.07, 6.45) is 3.74. The lowest BCUT2D eigenvalue weighted by Crippen LogP contribution is -2.37. The van der Waals surface area contributed by atoms with Crippen LogP contribution in [-0.4, -0.2) is 42.8 Å². The van der Waals surface area contributed by atoms with Crippen LogP contribution in [0.4, 0.5) is 5.95 Å². The van der Waals surface area contributed by atoms with E-state index in [1.54, 1.807) is 0 Å². The zero-order valence-electron chi connectivity index (χ0n) is 9.59. The van der Waals surface area contributed by atoms with Crippen molar-refractivity contribution in [2.24, 2.45) is 5.73 Å². The Kier molecular flexibility index (Phi) is 3.69. The van der Waals surface area contributed by atoms with E-state index in [4.69, 9.17) is 10.5 Å². The number of hydrogen-bond donors (Lipinski definition) is 1. The van der Waals surface area contributed by atoms with Crippen LogP contribution in [0.1, 0.15) is 18.4 Å². The Morgan fingerprint density at radius 3 is 2.56 bits per heavy atom. The summed E-state index contributed by atoms with van der Waals surface area (Å²) in [5, 5.41) is 0. The standard InChI is InChI=1S/C11H18N4O/c1-9(6-12)10-7-13-11(14-8-10)15-2-4-16-5-3-15/h7-9H,2-6,12H2,1H3. The highest BCUT2D eigenvalue weighted by Crippen LogP contribution is 2.14. The van der Waals surface area contributed by atoms with Crippen LogP contribution in [0, 0.1) is 0 Å². The lowest BCUT2D eigenvalue weighted by molar-refractivity contribution is 0.122. The summed E-state index contributed by atoms with van der Waals surface area (Å²) in [6.45, 7) is 5.94. The summed E-state index contributed by atoms with van der Waals surface area (Å²) in [5.41, 5.74) is 6.70. The summed E-state index contributed by atoms with van der Waals surface area (Å²) in [4.78, 5) is 10.9. The van der Waals surface area contributed by atoms with Crippen molar-refractivity contribution < 1.29 is 4.74 Å². The molecule has 88 valence electrons. The summed E-state index contributed by atoms with van der Waals surface area (Å²) < 4.78 is 5.29. The number of ether oxygens (including phenoxy) is 1. The van der Waals surface area contributed by atoms with Crippen LogP contribution >= 0.6 is 0 Å². The predicted octanol–water partition coefficient (Wildman–Crippen LogP) is 0.375. The number of morpholine rings is 1. The van der Waals surface area contributed by atoms with Crippen molar-refractivity contribution >= 4 is 5.95 Å². The van der Waals surface area contributed by atoms with E-state index >= 15 is 0 Å². The van der Waals surface area contributed by atoms with Crippen molar-refractivity contribution in [2.75, 3.05) is 37.7 Å². The van der Waals surface area contributed by atoms with Gasteiger partial charge in [0.05, 0.1) is 13.2 Å². The topological polar surface area (TPSA) is 64.3 Å². The van der Waals surface area contributed by atoms with Crippen molar-refractivity contribution in [1.29, 1.82) is 0 Å². The molecule has 1 unspecified atom stereocenters. The maximum atomic E-state index is 5.60. The van der Waals surface area contributed by atoms with Crippen molar-refractivity contribution in [3.8, 4) is 0 Å². The van der Waals surface area contributed by atoms with Gasteiger partial charge in [-0.25, -0.2) is 9.97 Å². The molecule has 0 amide bonds. The minimum atomic E-state index is 0.318. The molecule has 1 atom stereocenters. The highest BCUT2D eigenvalue weighted by molar-refractivity contribution is 5.30. The predicted molar refractivity (Wildman–Crippen MR) is 62.5 cm³/mol. The van der Waals surface area contributed by atoms with Gasteiger partial charge in [-0.3, -0.25) is 0 Å². The fraction of sp³-hybridized carbons (Fsp3) is 0.636. The maximum absolute atomic E-state index is 5.60. The lowest BCUT2D eigenvalue weighted by Gasteiger charge is -2.26. The van der Waals surface area contributed by atoms with Crippen molar-refractivity contribution in [3.63, 3.8) is 0 Å². The third kappa shape index (κ3) is 2.48. The molecule has 1 aliphatic heterocycles. The molecule has 0 aliphatic carbocycles. The Morgan fingerprint density at radius 2 is 2.00 bits per heavy atom. The summed E-state index contributed by atoms with van der Waals surface area (Å²) in [5.74, 6) is 1.11. The van der Waals surface area contributed by atoms with Gasteiger partial charge in [0.15, 0.2) is 0 Å². The molecule has 1 saturated heterocycles. The summed E-state index contributed by atoms with van der Waals surface area (Å²) >= 11 is 0. The van der Waals surface area contributed by atoms with E-state index in [0.717, 1.165) is 37.8 Å². The smallest absolute Gasteiger partial charge is 0.225 e. The van der Waals surface area contributed by atoms with Crippen LogP contribution in [-0.2, 0) is 4.74 Å². The van der Waals surface area contributed by atoms with E-state index in [0.29, 0.717) is 12.5 Å². The van der Waals surface area contributed by atoms with Crippen LogP contribution < -0.4 is 10.6 Å². The van der Waals surface area contributed by atoms with Gasteiger partial charge in [-0.1, -0.05) is 6.92 Å². The van der Waals surface area contributed by atoms with E-state index in [1.165, 1.54) is 0 Å². The van der Waals surface area contributed by atoms with Crippen molar-refractivity contribution in [2.45, 2.75) is 12.8 Å². The third-order valence-electron chi connectivity index (χ3n) is 2.87. The second-order valence-electron chi connectivity index (χ2n) is 4.05. The number of anilines is 1. The minimum Gasteiger partial charge on any atom is -0.378 e. The number of hydrogen-bond acceptors (Lipinski definition) is 5. The molecular formula is C11H18N4O. The zero-order valence-corrected chi connectivity index (χ0v) is 9.59. The molecule has 5 nitrogen and oxygen atoms in total. The first kappa shape index (κ1) is 11.3. The molecule has 16 heavy (non-hydrogen) atoms. The van der Waals surface area contributed by atoms with E-state index in [-0.39, 0.29) is 0 Å². The first-order chi connectivity index (χ1) is 7.81. The Balaban J connectivity index is 2.06. The summed E-state index contributed by atoms with van der Waals surface area (Å²) in [6, 6.07) is 0. The SMILES string of the molecule is CC(CN)c1cnc(N2CCOCC2)nc1. The highest BCUT2D eigenvalue weighted by Gasteiger charge is 2.13. The molecule has 2 N–H and O–H groups in total. The van der Waals surface area contributed by atoms with Gasteiger partial charge in [-0.15, -0.1) is 0 Å². The van der Waals surface area contributed by atoms with Crippen LogP contribution in [0.2, 0.25) is 0 Å². The largest absolute Gasteiger partial charge is 0.378 e. The van der Waals surface area contributed by atoms with Crippen molar-refractivity contribution in [1.82, 2.24) is 9.97 Å². The number of nitrogens with zero attached hydrogens (tertiary/aromatic N) is 3. The molecule has 0 saturated carbocycles. The maximum Gasteiger partial charge on any atom is 0.225 e. The van der Waals surface area contributed by atoms with Crippen molar-refractivity contribution in [3.05, 3.63) is 18.0 Å². The van der Waals surface area contributed by atoms with Crippen LogP contribution in [0.15, 0.2) is 12.4 Å². The number of aromatic nitrogens is 2. The minimum absolute atomic E-state index is 0.318. The van der Waals surface area contributed by atoms with Crippen LogP contribution in [0.3, 0.4) is 0 Å². The molecule has 5 heteroatoms. The zero-order chi connectivity index (χ0) is 11.4. The first-order valence-electron chi connectivity index (χ1n) is 5.66. The van der Waals surface area contributed by atoms with E-state index in [1.807, 2.05) is 12.4 Å². The highest BCUT2D eigenvalue weighted by atomic mass is 16.5. The Labute approximate surface area is 95.6 Å². The second-order valence-corrected chi connectivity index (χ2v) is 4.05. The molecule has 1 aromatic rings. The van der Waals surface area contributed by atoms with Gasteiger partial charge in [-0.2, -0.15) is 0 Å². The van der Waals surface area contributed by atoms with Gasteiger partial charge in [0.1, 0.15) is 0 Å². The average Bonchev–Trinajstić information content (AvgIpc) is 2.39. The van der Waals surface area contributed by atoms with Crippen LogP contribution in [0.25, 0.3) is 0 Å². The molecular weight excluding hydrogens is 204 g/mol. The van der Waals surface area contributed by atoms with Gasteiger partial charge in [0.2, 0.25) is 5.95 Å². The Hall–Kier alpha value is -1.20. The van der Waals surface area contributed by atoms with Crippen LogP contribution in [0.5, 0.6) is 0 Å². The van der Waals surface area contributed by atoms with Gasteiger partial charge >= 0.3 is 0 Å². The number of rotatable bonds is 3. The summed E-state index contributed by atoms with van der Waals surface area (Å²) in [7, 11) is 0. The molecule has 1 fully saturated rings. The average molecular weight is 222 g/mol. The Morgan fingerprint density at radius 1 is 1.38 bits per heavy atom. The van der Waals surface area contributed by atoms with E-state index in [9.17, 15) is 0 Å². The second kappa shape index (κ2) is 5.23. The van der Waals surface area contributed by atoms with Gasteiger partial charge in [-0.05, 0) is 18.0 Å². The molecule has 0 radical (unpaired) electrons. The number of nitrogens with two attached hydrogens (primary N) is 1. The van der Waals surface area contributed by atoms with E-state index in [2.05, 4.69) is 21.8 Å². The molecule has 0 spiro atoms. The first-order valence-corrected chi connectivity index (χ1v) is 5.66. The Bertz CT molecular complexity index is 321. The molecule has 2 rings (SSSR count). The molecule has 1 aromatic heterocycles. The molecule has 1 aliphatic rings. The quantitative estimate of drug-likeness (QED) is 0.800. The van der Waals surface area contributed by atoms with Gasteiger partial charge < -0.3 is 15.4 Å². The molecule has 0 bridgehead atoms. The fourth-order valence-corrected chi connectivity index (χ4v) is 1.65. The molecule has 2 heterocycles.